The van der Waals surface area contributed by atoms with E-state index in [9.17, 15) is 0 Å². The Morgan fingerprint density at radius 3 is 1.38 bits per heavy atom. The van der Waals surface area contributed by atoms with Gasteiger partial charge >= 0.3 is 0 Å². The maximum absolute atomic E-state index is 7.25. The fraction of sp³-hybridized carbons (Fsp3) is 0.600. The zero-order valence-electron chi connectivity index (χ0n) is 33.5. The molecule has 3 nitrogen and oxygen atoms in total. The summed E-state index contributed by atoms with van der Waals surface area (Å²) in [6, 6.07) is 27.5. The Bertz CT molecular complexity index is 1670. The monoisotopic (exact) mass is 714 g/mol. The Balaban J connectivity index is 1.74. The molecule has 4 aliphatic rings. The van der Waals surface area contributed by atoms with Crippen molar-refractivity contribution < 1.29 is 14.2 Å². The van der Waals surface area contributed by atoms with Gasteiger partial charge in [-0.2, -0.15) is 0 Å². The molecule has 4 fully saturated rings. The lowest BCUT2D eigenvalue weighted by atomic mass is 9.51. The van der Waals surface area contributed by atoms with E-state index in [-0.39, 0.29) is 21.1 Å². The SMILES string of the molecule is CC12CC3(C)OC(C)(CC(C)(O1)C3(CP)c1cc(C(C)(C)c3ccccc3)c(C(C)(C)c3ccccc3)cc1CP(C(C)(C)C)C(C)(C)C)O2. The van der Waals surface area contributed by atoms with E-state index in [0.717, 1.165) is 12.3 Å². The van der Waals surface area contributed by atoms with Crippen molar-refractivity contribution in [3.63, 3.8) is 0 Å². The van der Waals surface area contributed by atoms with Gasteiger partial charge in [0.25, 0.3) is 0 Å². The predicted molar refractivity (Wildman–Crippen MR) is 216 cm³/mol. The van der Waals surface area contributed by atoms with Crippen LogP contribution in [0.25, 0.3) is 0 Å². The molecule has 4 saturated heterocycles. The molecule has 7 rings (SSSR count). The van der Waals surface area contributed by atoms with Gasteiger partial charge in [-0.1, -0.05) is 150 Å². The normalized spacial score (nSPS) is 31.4. The second-order valence-electron chi connectivity index (χ2n) is 19.5. The van der Waals surface area contributed by atoms with Crippen molar-refractivity contribution in [2.75, 3.05) is 6.16 Å². The number of hydrogen-bond donors (Lipinski definition) is 0. The van der Waals surface area contributed by atoms with Gasteiger partial charge in [-0.15, -0.1) is 9.24 Å². The lowest BCUT2D eigenvalue weighted by Gasteiger charge is -2.74. The molecule has 5 atom stereocenters. The van der Waals surface area contributed by atoms with Gasteiger partial charge in [0, 0.05) is 23.7 Å². The van der Waals surface area contributed by atoms with Gasteiger partial charge in [0.05, 0.1) is 16.6 Å². The van der Waals surface area contributed by atoms with Crippen LogP contribution in [0.2, 0.25) is 0 Å². The first-order chi connectivity index (χ1) is 22.9. The third kappa shape index (κ3) is 5.89. The standard InChI is InChI=1S/C45H64O3P2/c1-37(2,3)50(38(4,5)6)27-31-25-35(39(7,8)32-21-17-15-18-22-32)36(40(9,10)33-23-19-16-20-24-33)26-34(31)45(30-49)41(11)28-43(13)47-42(45,12)29-44(14,46-41)48-43/h15-26H,27-30,49H2,1-14H3. The lowest BCUT2D eigenvalue weighted by Crippen LogP contribution is -2.84. The fourth-order valence-electron chi connectivity index (χ4n) is 10.9. The molecule has 5 unspecified atom stereocenters. The first-order valence-electron chi connectivity index (χ1n) is 18.7. The molecule has 4 bridgehead atoms. The van der Waals surface area contributed by atoms with Crippen LogP contribution in [-0.4, -0.2) is 39.3 Å². The molecule has 5 heteroatoms. The van der Waals surface area contributed by atoms with Gasteiger partial charge in [0.2, 0.25) is 0 Å². The maximum Gasteiger partial charge on any atom is 0.172 e. The van der Waals surface area contributed by atoms with Crippen LogP contribution >= 0.6 is 17.2 Å². The Kier molecular flexibility index (Phi) is 9.12. The van der Waals surface area contributed by atoms with Crippen molar-refractivity contribution in [2.45, 2.75) is 165 Å². The molecule has 0 aliphatic carbocycles. The van der Waals surface area contributed by atoms with Crippen LogP contribution in [0.3, 0.4) is 0 Å². The van der Waals surface area contributed by atoms with Gasteiger partial charge in [-0.3, -0.25) is 0 Å². The molecular weight excluding hydrogens is 650 g/mol. The Hall–Kier alpha value is -1.60. The van der Waals surface area contributed by atoms with Crippen LogP contribution in [0.4, 0.5) is 0 Å². The maximum atomic E-state index is 7.25. The van der Waals surface area contributed by atoms with Crippen LogP contribution in [0.1, 0.15) is 143 Å². The zero-order chi connectivity index (χ0) is 37.0. The summed E-state index contributed by atoms with van der Waals surface area (Å²) in [6.07, 6.45) is 3.22. The first kappa shape index (κ1) is 38.1. The van der Waals surface area contributed by atoms with E-state index in [1.54, 1.807) is 0 Å². The highest BCUT2D eigenvalue weighted by Gasteiger charge is 2.77. The van der Waals surface area contributed by atoms with E-state index >= 15 is 0 Å². The molecule has 0 aromatic heterocycles. The van der Waals surface area contributed by atoms with E-state index < -0.39 is 36.1 Å². The Morgan fingerprint density at radius 2 is 1.00 bits per heavy atom. The summed E-state index contributed by atoms with van der Waals surface area (Å²) in [7, 11) is 2.74. The molecule has 0 radical (unpaired) electrons. The van der Waals surface area contributed by atoms with Crippen LogP contribution < -0.4 is 0 Å². The van der Waals surface area contributed by atoms with Crippen molar-refractivity contribution in [1.82, 2.24) is 0 Å². The molecule has 0 amide bonds. The topological polar surface area (TPSA) is 27.7 Å². The molecule has 4 aliphatic heterocycles. The summed E-state index contributed by atoms with van der Waals surface area (Å²) >= 11 is 0. The van der Waals surface area contributed by atoms with E-state index in [4.69, 9.17) is 14.2 Å². The fourth-order valence-corrected chi connectivity index (χ4v) is 15.6. The van der Waals surface area contributed by atoms with Crippen molar-refractivity contribution in [2.24, 2.45) is 0 Å². The second kappa shape index (κ2) is 12.0. The zero-order valence-corrected chi connectivity index (χ0v) is 35.6. The quantitative estimate of drug-likeness (QED) is 0.217. The minimum Gasteiger partial charge on any atom is -0.343 e. The summed E-state index contributed by atoms with van der Waals surface area (Å²) in [5.41, 5.74) is 6.32. The van der Waals surface area contributed by atoms with Crippen LogP contribution in [0.5, 0.6) is 0 Å². The van der Waals surface area contributed by atoms with E-state index in [0.29, 0.717) is 12.8 Å². The lowest BCUT2D eigenvalue weighted by molar-refractivity contribution is -0.531. The molecule has 0 saturated carbocycles. The number of benzene rings is 3. The van der Waals surface area contributed by atoms with Gasteiger partial charge < -0.3 is 14.2 Å². The largest absolute Gasteiger partial charge is 0.343 e. The summed E-state index contributed by atoms with van der Waals surface area (Å²) < 4.78 is 21.1. The summed E-state index contributed by atoms with van der Waals surface area (Å²) in [6.45, 7) is 33.4. The molecule has 4 heterocycles. The molecule has 0 spiro atoms. The molecule has 50 heavy (non-hydrogen) atoms. The number of ether oxygens (including phenoxy) is 3. The average Bonchev–Trinajstić information content (AvgIpc) is 2.97. The van der Waals surface area contributed by atoms with Crippen LogP contribution in [0.15, 0.2) is 72.8 Å². The molecular formula is C45H64O3P2. The van der Waals surface area contributed by atoms with Crippen LogP contribution in [-0.2, 0) is 36.6 Å². The Morgan fingerprint density at radius 1 is 0.600 bits per heavy atom. The first-order valence-corrected chi connectivity index (χ1v) is 21.1. The van der Waals surface area contributed by atoms with Crippen molar-refractivity contribution in [3.05, 3.63) is 106 Å². The van der Waals surface area contributed by atoms with E-state index in [1.807, 2.05) is 0 Å². The minimum absolute atomic E-state index is 0.162. The molecule has 272 valence electrons. The van der Waals surface area contributed by atoms with Gasteiger partial charge in [0.15, 0.2) is 11.6 Å². The van der Waals surface area contributed by atoms with E-state index in [1.165, 1.54) is 33.4 Å². The van der Waals surface area contributed by atoms with Gasteiger partial charge in [-0.25, -0.2) is 0 Å². The molecule has 0 N–H and O–H groups in total. The van der Waals surface area contributed by atoms with Crippen LogP contribution in [0, 0.1) is 0 Å². The third-order valence-electron chi connectivity index (χ3n) is 12.7. The second-order valence-corrected chi connectivity index (χ2v) is 23.7. The number of hydrogen-bond acceptors (Lipinski definition) is 3. The molecule has 3 aromatic rings. The highest BCUT2D eigenvalue weighted by Crippen LogP contribution is 2.70. The summed E-state index contributed by atoms with van der Waals surface area (Å²) in [5, 5.41) is 0.325. The third-order valence-corrected chi connectivity index (χ3v) is 17.2. The highest BCUT2D eigenvalue weighted by molar-refractivity contribution is 7.60. The van der Waals surface area contributed by atoms with Crippen molar-refractivity contribution >= 4 is 17.2 Å². The highest BCUT2D eigenvalue weighted by atomic mass is 31.1. The van der Waals surface area contributed by atoms with Crippen molar-refractivity contribution in [1.29, 1.82) is 0 Å². The molecule has 3 aromatic carbocycles. The minimum atomic E-state index is -0.691. The van der Waals surface area contributed by atoms with Gasteiger partial charge in [-0.05, 0) is 83.7 Å². The average molecular weight is 715 g/mol. The van der Waals surface area contributed by atoms with Crippen molar-refractivity contribution in [3.8, 4) is 0 Å². The predicted octanol–water partition coefficient (Wildman–Crippen LogP) is 11.9. The smallest absolute Gasteiger partial charge is 0.172 e. The Labute approximate surface area is 308 Å². The van der Waals surface area contributed by atoms with Gasteiger partial charge in [0.1, 0.15) is 0 Å². The number of rotatable bonds is 8. The van der Waals surface area contributed by atoms with E-state index in [2.05, 4.69) is 179 Å². The summed E-state index contributed by atoms with van der Waals surface area (Å²) in [4.78, 5) is 0. The summed E-state index contributed by atoms with van der Waals surface area (Å²) in [5.74, 6) is -1.38.